The van der Waals surface area contributed by atoms with Crippen molar-refractivity contribution in [3.8, 4) is 0 Å². The average Bonchev–Trinajstić information content (AvgIpc) is 3.05. The lowest BCUT2D eigenvalue weighted by molar-refractivity contribution is -0.122. The molecule has 0 unspecified atom stereocenters. The minimum Gasteiger partial charge on any atom is -0.467 e. The maximum Gasteiger partial charge on any atom is 0.266 e. The van der Waals surface area contributed by atoms with E-state index in [4.69, 9.17) is 16.6 Å². The van der Waals surface area contributed by atoms with E-state index in [1.807, 2.05) is 42.5 Å². The van der Waals surface area contributed by atoms with E-state index in [2.05, 4.69) is 0 Å². The molecule has 3 rings (SSSR count). The normalized spacial score (nSPS) is 17.2. The summed E-state index contributed by atoms with van der Waals surface area (Å²) >= 11 is 6.60. The molecule has 0 bridgehead atoms. The number of hydrogen-bond donors (Lipinski definition) is 0. The van der Waals surface area contributed by atoms with Gasteiger partial charge in [-0.3, -0.25) is 9.69 Å². The molecule has 0 spiro atoms. The highest BCUT2D eigenvalue weighted by molar-refractivity contribution is 8.26. The molecule has 1 saturated heterocycles. The number of thioether (sulfide) groups is 1. The Hall–Kier alpha value is -1.85. The Kier molecular flexibility index (Phi) is 3.71. The van der Waals surface area contributed by atoms with Gasteiger partial charge in [-0.1, -0.05) is 54.3 Å². The number of thiocarbonyl (C=S) groups is 1. The predicted molar refractivity (Wildman–Crippen MR) is 83.9 cm³/mol. The number of rotatable bonds is 3. The maximum absolute atomic E-state index is 12.4. The molecule has 0 radical (unpaired) electrons. The molecule has 100 valence electrons. The fourth-order valence-corrected chi connectivity index (χ4v) is 3.15. The van der Waals surface area contributed by atoms with Gasteiger partial charge in [0.1, 0.15) is 10.1 Å². The van der Waals surface area contributed by atoms with E-state index in [-0.39, 0.29) is 5.91 Å². The van der Waals surface area contributed by atoms with Crippen LogP contribution in [0.5, 0.6) is 0 Å². The van der Waals surface area contributed by atoms with E-state index in [1.54, 1.807) is 17.2 Å². The van der Waals surface area contributed by atoms with Crippen LogP contribution in [0, 0.1) is 0 Å². The molecule has 1 aliphatic rings. The van der Waals surface area contributed by atoms with Crippen molar-refractivity contribution in [2.75, 3.05) is 0 Å². The van der Waals surface area contributed by atoms with E-state index in [9.17, 15) is 4.79 Å². The summed E-state index contributed by atoms with van der Waals surface area (Å²) in [5.41, 5.74) is 0.992. The minimum atomic E-state index is -0.0692. The van der Waals surface area contributed by atoms with E-state index in [0.29, 0.717) is 15.8 Å². The van der Waals surface area contributed by atoms with Crippen LogP contribution in [0.1, 0.15) is 11.3 Å². The molecule has 0 aliphatic carbocycles. The second-order valence-electron chi connectivity index (χ2n) is 4.26. The van der Waals surface area contributed by atoms with Crippen LogP contribution in [-0.2, 0) is 11.3 Å². The van der Waals surface area contributed by atoms with Crippen molar-refractivity contribution in [2.24, 2.45) is 0 Å². The number of benzene rings is 1. The molecule has 1 aromatic heterocycles. The molecule has 1 fully saturated rings. The third-order valence-electron chi connectivity index (χ3n) is 2.86. The molecule has 2 aromatic rings. The molecule has 0 saturated carbocycles. The standard InChI is InChI=1S/C15H11NO2S2/c17-14-13(9-11-5-2-1-3-6-11)20-15(19)16(14)10-12-7-4-8-18-12/h1-9H,10H2/b13-9+. The van der Waals surface area contributed by atoms with Gasteiger partial charge in [-0.05, 0) is 23.8 Å². The highest BCUT2D eigenvalue weighted by Crippen LogP contribution is 2.33. The molecule has 5 heteroatoms. The second-order valence-corrected chi connectivity index (χ2v) is 5.93. The zero-order chi connectivity index (χ0) is 13.9. The zero-order valence-corrected chi connectivity index (χ0v) is 12.1. The summed E-state index contributed by atoms with van der Waals surface area (Å²) in [6.45, 7) is 0.379. The van der Waals surface area contributed by atoms with E-state index < -0.39 is 0 Å². The van der Waals surface area contributed by atoms with Gasteiger partial charge < -0.3 is 4.42 Å². The van der Waals surface area contributed by atoms with Crippen molar-refractivity contribution in [3.05, 3.63) is 65.0 Å². The summed E-state index contributed by atoms with van der Waals surface area (Å²) in [6, 6.07) is 13.4. The number of hydrogen-bond acceptors (Lipinski definition) is 4. The van der Waals surface area contributed by atoms with Gasteiger partial charge in [0.15, 0.2) is 0 Å². The number of nitrogens with zero attached hydrogens (tertiary/aromatic N) is 1. The van der Waals surface area contributed by atoms with Crippen molar-refractivity contribution < 1.29 is 9.21 Å². The lowest BCUT2D eigenvalue weighted by atomic mass is 10.2. The molecule has 1 aliphatic heterocycles. The highest BCUT2D eigenvalue weighted by Gasteiger charge is 2.32. The van der Waals surface area contributed by atoms with E-state index >= 15 is 0 Å². The minimum absolute atomic E-state index is 0.0692. The molecule has 0 N–H and O–H groups in total. The number of furan rings is 1. The van der Waals surface area contributed by atoms with Crippen LogP contribution in [0.4, 0.5) is 0 Å². The van der Waals surface area contributed by atoms with Gasteiger partial charge in [0.25, 0.3) is 5.91 Å². The summed E-state index contributed by atoms with van der Waals surface area (Å²) in [6.07, 6.45) is 3.45. The molecule has 20 heavy (non-hydrogen) atoms. The number of carbonyl (C=O) groups is 1. The van der Waals surface area contributed by atoms with Gasteiger partial charge in [-0.15, -0.1) is 0 Å². The van der Waals surface area contributed by atoms with Crippen LogP contribution < -0.4 is 0 Å². The Balaban J connectivity index is 1.82. The molecule has 1 aromatic carbocycles. The third-order valence-corrected chi connectivity index (χ3v) is 4.24. The average molecular weight is 301 g/mol. The van der Waals surface area contributed by atoms with Gasteiger partial charge in [0.2, 0.25) is 0 Å². The first-order chi connectivity index (χ1) is 9.74. The molecular weight excluding hydrogens is 290 g/mol. The number of amides is 1. The van der Waals surface area contributed by atoms with Gasteiger partial charge in [0, 0.05) is 0 Å². The number of carbonyl (C=O) groups excluding carboxylic acids is 1. The highest BCUT2D eigenvalue weighted by atomic mass is 32.2. The lowest BCUT2D eigenvalue weighted by Gasteiger charge is -2.11. The molecule has 2 heterocycles. The molecule has 0 atom stereocenters. The largest absolute Gasteiger partial charge is 0.467 e. The summed E-state index contributed by atoms with van der Waals surface area (Å²) in [5.74, 6) is 0.655. The monoisotopic (exact) mass is 301 g/mol. The van der Waals surface area contributed by atoms with Gasteiger partial charge in [0.05, 0.1) is 17.7 Å². The summed E-state index contributed by atoms with van der Waals surface area (Å²) in [5, 5.41) is 0. The quantitative estimate of drug-likeness (QED) is 0.639. The Labute approximate surface area is 126 Å². The lowest BCUT2D eigenvalue weighted by Crippen LogP contribution is -2.27. The van der Waals surface area contributed by atoms with Crippen LogP contribution in [-0.4, -0.2) is 15.1 Å². The van der Waals surface area contributed by atoms with E-state index in [1.165, 1.54) is 11.8 Å². The Bertz CT molecular complexity index is 662. The Morgan fingerprint density at radius 1 is 1.20 bits per heavy atom. The van der Waals surface area contributed by atoms with Crippen molar-refractivity contribution in [1.82, 2.24) is 4.90 Å². The zero-order valence-electron chi connectivity index (χ0n) is 10.5. The summed E-state index contributed by atoms with van der Waals surface area (Å²) in [4.78, 5) is 14.6. The predicted octanol–water partition coefficient (Wildman–Crippen LogP) is 3.68. The summed E-state index contributed by atoms with van der Waals surface area (Å²) < 4.78 is 5.83. The van der Waals surface area contributed by atoms with E-state index in [0.717, 1.165) is 11.3 Å². The van der Waals surface area contributed by atoms with Crippen molar-refractivity contribution >= 4 is 40.3 Å². The Morgan fingerprint density at radius 2 is 2.00 bits per heavy atom. The fourth-order valence-electron chi connectivity index (χ4n) is 1.90. The van der Waals surface area contributed by atoms with Crippen molar-refractivity contribution in [3.63, 3.8) is 0 Å². The fraction of sp³-hybridized carbons (Fsp3) is 0.0667. The van der Waals surface area contributed by atoms with Crippen LogP contribution in [0.25, 0.3) is 6.08 Å². The Morgan fingerprint density at radius 3 is 2.70 bits per heavy atom. The van der Waals surface area contributed by atoms with Crippen LogP contribution >= 0.6 is 24.0 Å². The first kappa shape index (κ1) is 13.1. The molecular formula is C15H11NO2S2. The second kappa shape index (κ2) is 5.64. The topological polar surface area (TPSA) is 33.5 Å². The van der Waals surface area contributed by atoms with Gasteiger partial charge >= 0.3 is 0 Å². The molecule has 3 nitrogen and oxygen atoms in total. The first-order valence-corrected chi connectivity index (χ1v) is 7.29. The maximum atomic E-state index is 12.4. The van der Waals surface area contributed by atoms with Crippen LogP contribution in [0.2, 0.25) is 0 Å². The van der Waals surface area contributed by atoms with Gasteiger partial charge in [-0.2, -0.15) is 0 Å². The molecule has 1 amide bonds. The summed E-state index contributed by atoms with van der Waals surface area (Å²) in [7, 11) is 0. The van der Waals surface area contributed by atoms with Crippen LogP contribution in [0.15, 0.2) is 58.1 Å². The smallest absolute Gasteiger partial charge is 0.266 e. The SMILES string of the molecule is O=C1/C(=C\c2ccccc2)SC(=S)N1Cc1ccco1. The van der Waals surface area contributed by atoms with Gasteiger partial charge in [-0.25, -0.2) is 0 Å². The van der Waals surface area contributed by atoms with Crippen molar-refractivity contribution in [2.45, 2.75) is 6.54 Å². The first-order valence-electron chi connectivity index (χ1n) is 6.07. The third kappa shape index (κ3) is 2.69. The van der Waals surface area contributed by atoms with Crippen LogP contribution in [0.3, 0.4) is 0 Å². The van der Waals surface area contributed by atoms with Crippen molar-refractivity contribution in [1.29, 1.82) is 0 Å².